The van der Waals surface area contributed by atoms with E-state index in [1.165, 1.54) is 17.6 Å². The van der Waals surface area contributed by atoms with Gasteiger partial charge < -0.3 is 4.98 Å². The number of halogens is 3. The van der Waals surface area contributed by atoms with E-state index in [9.17, 15) is 22.8 Å². The second kappa shape index (κ2) is 4.80. The zero-order valence-corrected chi connectivity index (χ0v) is 11.9. The van der Waals surface area contributed by atoms with Crippen LogP contribution in [0.3, 0.4) is 0 Å². The molecule has 3 aromatic rings. The fourth-order valence-electron chi connectivity index (χ4n) is 2.08. The lowest BCUT2D eigenvalue weighted by atomic mass is 10.2. The Balaban J connectivity index is 2.25. The third-order valence-electron chi connectivity index (χ3n) is 3.13. The van der Waals surface area contributed by atoms with Crippen molar-refractivity contribution in [2.45, 2.75) is 13.1 Å². The Bertz CT molecular complexity index is 953. The van der Waals surface area contributed by atoms with Crippen LogP contribution in [0.5, 0.6) is 0 Å². The Morgan fingerprint density at radius 1 is 1.23 bits per heavy atom. The standard InChI is InChI=1S/C13H8F3N3O2S/c1-6-8-4-7(2-3-9(8)22-18-6)19-11(20)5-10(13(14,15)16)17-12(19)21/h2-5H,1H3,(H,17,21). The van der Waals surface area contributed by atoms with Gasteiger partial charge in [-0.1, -0.05) is 0 Å². The van der Waals surface area contributed by atoms with E-state index >= 15 is 0 Å². The predicted molar refractivity (Wildman–Crippen MR) is 75.6 cm³/mol. The van der Waals surface area contributed by atoms with E-state index in [1.807, 2.05) is 0 Å². The van der Waals surface area contributed by atoms with Crippen LogP contribution in [0.15, 0.2) is 33.9 Å². The van der Waals surface area contributed by atoms with Crippen LogP contribution >= 0.6 is 11.5 Å². The van der Waals surface area contributed by atoms with Gasteiger partial charge in [-0.25, -0.2) is 9.36 Å². The highest BCUT2D eigenvalue weighted by Gasteiger charge is 2.33. The maximum absolute atomic E-state index is 12.6. The van der Waals surface area contributed by atoms with E-state index in [-0.39, 0.29) is 5.69 Å². The first kappa shape index (κ1) is 14.5. The lowest BCUT2D eigenvalue weighted by Gasteiger charge is -2.09. The molecule has 0 aliphatic rings. The second-order valence-electron chi connectivity index (χ2n) is 4.61. The molecule has 0 bridgehead atoms. The summed E-state index contributed by atoms with van der Waals surface area (Å²) >= 11 is 1.26. The van der Waals surface area contributed by atoms with Crippen molar-refractivity contribution in [2.75, 3.05) is 0 Å². The van der Waals surface area contributed by atoms with Gasteiger partial charge in [-0.3, -0.25) is 4.79 Å². The van der Waals surface area contributed by atoms with Crippen molar-refractivity contribution in [3.8, 4) is 5.69 Å². The number of fused-ring (bicyclic) bond motifs is 1. The molecule has 0 atom stereocenters. The highest BCUT2D eigenvalue weighted by molar-refractivity contribution is 7.13. The third-order valence-corrected chi connectivity index (χ3v) is 4.05. The van der Waals surface area contributed by atoms with Crippen molar-refractivity contribution >= 4 is 21.6 Å². The third kappa shape index (κ3) is 2.33. The summed E-state index contributed by atoms with van der Waals surface area (Å²) in [6.07, 6.45) is -4.78. The maximum atomic E-state index is 12.6. The van der Waals surface area contributed by atoms with Crippen LogP contribution in [0.25, 0.3) is 15.8 Å². The minimum Gasteiger partial charge on any atom is -0.303 e. The molecule has 9 heteroatoms. The van der Waals surface area contributed by atoms with Gasteiger partial charge in [0.05, 0.1) is 16.1 Å². The molecule has 114 valence electrons. The SMILES string of the molecule is Cc1nsc2ccc(-n3c(=O)cc(C(F)(F)F)[nH]c3=O)cc12. The first-order chi connectivity index (χ1) is 10.3. The molecule has 0 saturated carbocycles. The predicted octanol–water partition coefficient (Wildman–Crippen LogP) is 2.46. The monoisotopic (exact) mass is 327 g/mol. The van der Waals surface area contributed by atoms with E-state index in [2.05, 4.69) is 4.37 Å². The topological polar surface area (TPSA) is 67.8 Å². The van der Waals surface area contributed by atoms with E-state index in [1.54, 1.807) is 24.0 Å². The molecule has 0 amide bonds. The molecule has 0 fully saturated rings. The average molecular weight is 327 g/mol. The maximum Gasteiger partial charge on any atom is 0.431 e. The molecule has 0 aliphatic heterocycles. The van der Waals surface area contributed by atoms with E-state index < -0.39 is 23.1 Å². The molecule has 1 aromatic carbocycles. The molecule has 0 spiro atoms. The molecule has 0 saturated heterocycles. The van der Waals surface area contributed by atoms with Gasteiger partial charge in [0, 0.05) is 11.5 Å². The Morgan fingerprint density at radius 3 is 2.59 bits per heavy atom. The Kier molecular flexibility index (Phi) is 3.17. The first-order valence-electron chi connectivity index (χ1n) is 6.07. The number of alkyl halides is 3. The van der Waals surface area contributed by atoms with Gasteiger partial charge in [0.25, 0.3) is 5.56 Å². The first-order valence-corrected chi connectivity index (χ1v) is 6.85. The van der Waals surface area contributed by atoms with Crippen LogP contribution in [-0.4, -0.2) is 13.9 Å². The van der Waals surface area contributed by atoms with Crippen molar-refractivity contribution in [2.24, 2.45) is 0 Å². The molecule has 1 N–H and O–H groups in total. The van der Waals surface area contributed by atoms with Crippen molar-refractivity contribution in [3.05, 3.63) is 56.5 Å². The molecule has 0 unspecified atom stereocenters. The summed E-state index contributed by atoms with van der Waals surface area (Å²) in [6, 6.07) is 5.07. The normalized spacial score (nSPS) is 12.0. The minimum atomic E-state index is -4.78. The second-order valence-corrected chi connectivity index (χ2v) is 5.41. The summed E-state index contributed by atoms with van der Waals surface area (Å²) in [5.41, 5.74) is -2.64. The molecular weight excluding hydrogens is 319 g/mol. The molecule has 22 heavy (non-hydrogen) atoms. The van der Waals surface area contributed by atoms with E-state index in [4.69, 9.17) is 0 Å². The molecule has 0 aliphatic carbocycles. The number of aromatic amines is 1. The van der Waals surface area contributed by atoms with Crippen LogP contribution in [-0.2, 0) is 6.18 Å². The van der Waals surface area contributed by atoms with Gasteiger partial charge in [-0.15, -0.1) is 0 Å². The Morgan fingerprint density at radius 2 is 1.95 bits per heavy atom. The fourth-order valence-corrected chi connectivity index (χ4v) is 2.85. The van der Waals surface area contributed by atoms with Crippen molar-refractivity contribution in [3.63, 3.8) is 0 Å². The highest BCUT2D eigenvalue weighted by Crippen LogP contribution is 2.26. The number of H-pyrrole nitrogens is 1. The van der Waals surface area contributed by atoms with Gasteiger partial charge >= 0.3 is 11.9 Å². The number of nitrogens with one attached hydrogen (secondary N) is 1. The minimum absolute atomic E-state index is 0.191. The van der Waals surface area contributed by atoms with Gasteiger partial charge in [-0.2, -0.15) is 17.5 Å². The van der Waals surface area contributed by atoms with Crippen LogP contribution < -0.4 is 11.2 Å². The fraction of sp³-hybridized carbons (Fsp3) is 0.154. The van der Waals surface area contributed by atoms with Gasteiger partial charge in [0.1, 0.15) is 5.69 Å². The average Bonchev–Trinajstić information content (AvgIpc) is 2.78. The summed E-state index contributed by atoms with van der Waals surface area (Å²) in [6.45, 7) is 1.77. The Hall–Kier alpha value is -2.42. The Labute approximate surface area is 124 Å². The largest absolute Gasteiger partial charge is 0.431 e. The van der Waals surface area contributed by atoms with Gasteiger partial charge in [0.15, 0.2) is 0 Å². The lowest BCUT2D eigenvalue weighted by molar-refractivity contribution is -0.141. The van der Waals surface area contributed by atoms with Gasteiger partial charge in [0.2, 0.25) is 0 Å². The summed E-state index contributed by atoms with van der Waals surface area (Å²) in [7, 11) is 0. The number of hydrogen-bond acceptors (Lipinski definition) is 4. The van der Waals surface area contributed by atoms with Crippen molar-refractivity contribution in [1.29, 1.82) is 0 Å². The highest BCUT2D eigenvalue weighted by atomic mass is 32.1. The van der Waals surface area contributed by atoms with E-state index in [0.29, 0.717) is 10.6 Å². The van der Waals surface area contributed by atoms with Gasteiger partial charge in [-0.05, 0) is 36.7 Å². The smallest absolute Gasteiger partial charge is 0.303 e. The van der Waals surface area contributed by atoms with E-state index in [0.717, 1.165) is 15.8 Å². The molecule has 5 nitrogen and oxygen atoms in total. The van der Waals surface area contributed by atoms with Crippen LogP contribution in [0, 0.1) is 6.92 Å². The molecule has 2 aromatic heterocycles. The zero-order valence-electron chi connectivity index (χ0n) is 11.1. The summed E-state index contributed by atoms with van der Waals surface area (Å²) in [5, 5.41) is 0.744. The quantitative estimate of drug-likeness (QED) is 0.746. The number of hydrogen-bond donors (Lipinski definition) is 1. The zero-order chi connectivity index (χ0) is 16.1. The molecule has 2 heterocycles. The van der Waals surface area contributed by atoms with Crippen molar-refractivity contribution < 1.29 is 13.2 Å². The summed E-state index contributed by atoms with van der Waals surface area (Å²) in [4.78, 5) is 25.4. The van der Waals surface area contributed by atoms with Crippen LogP contribution in [0.1, 0.15) is 11.4 Å². The van der Waals surface area contributed by atoms with Crippen LogP contribution in [0.4, 0.5) is 13.2 Å². The molecular formula is C13H8F3N3O2S. The number of nitrogens with zero attached hydrogens (tertiary/aromatic N) is 2. The molecule has 3 rings (SSSR count). The summed E-state index contributed by atoms with van der Waals surface area (Å²) in [5.74, 6) is 0. The van der Waals surface area contributed by atoms with Crippen molar-refractivity contribution in [1.82, 2.24) is 13.9 Å². The lowest BCUT2D eigenvalue weighted by Crippen LogP contribution is -2.35. The summed E-state index contributed by atoms with van der Waals surface area (Å²) < 4.78 is 43.4. The number of rotatable bonds is 1. The number of aryl methyl sites for hydroxylation is 1. The van der Waals surface area contributed by atoms with Crippen LogP contribution in [0.2, 0.25) is 0 Å². The number of aromatic nitrogens is 3. The molecule has 0 radical (unpaired) electrons. The number of benzene rings is 1.